The number of carbonyl (C=O) groups excluding carboxylic acids is 1. The van der Waals surface area contributed by atoms with Crippen LogP contribution in [0, 0.1) is 6.92 Å². The molecule has 0 spiro atoms. The zero-order valence-corrected chi connectivity index (χ0v) is 20.8. The van der Waals surface area contributed by atoms with Gasteiger partial charge in [-0.2, -0.15) is 5.10 Å². The number of nitrogens with zero attached hydrogens (tertiary/aromatic N) is 2. The predicted molar refractivity (Wildman–Crippen MR) is 130 cm³/mol. The minimum atomic E-state index is -0.363. The summed E-state index contributed by atoms with van der Waals surface area (Å²) in [5.74, 6) is -0.314. The Labute approximate surface area is 194 Å². The van der Waals surface area contributed by atoms with Crippen LogP contribution >= 0.6 is 31.9 Å². The molecule has 0 fully saturated rings. The van der Waals surface area contributed by atoms with Crippen LogP contribution in [0.2, 0.25) is 0 Å². The fourth-order valence-corrected chi connectivity index (χ4v) is 5.07. The largest absolute Gasteiger partial charge is 0.506 e. The lowest BCUT2D eigenvalue weighted by atomic mass is 9.87. The molecular formula is C23H25Br2N3O2. The molecule has 30 heavy (non-hydrogen) atoms. The van der Waals surface area contributed by atoms with Gasteiger partial charge in [-0.3, -0.25) is 4.79 Å². The Kier molecular flexibility index (Phi) is 6.43. The lowest BCUT2D eigenvalue weighted by molar-refractivity contribution is 0.0955. The highest BCUT2D eigenvalue weighted by molar-refractivity contribution is 9.11. The number of aryl methyl sites for hydroxylation is 1. The standard InChI is InChI=1S/C23H25Br2N3O2/c1-6-28-20-7-13(2)16(8-17(20)14(3)11-23(28,4)5)12-26-27-22(30)15-9-18(24)21(29)19(25)10-15/h7-12,29H,6H2,1-5H3,(H,27,30)/b26-12-. The van der Waals surface area contributed by atoms with Gasteiger partial charge in [0.15, 0.2) is 0 Å². The second-order valence-corrected chi connectivity index (χ2v) is 9.65. The highest BCUT2D eigenvalue weighted by Gasteiger charge is 2.30. The van der Waals surface area contributed by atoms with Gasteiger partial charge in [-0.25, -0.2) is 5.43 Å². The number of fused-ring (bicyclic) bond motifs is 1. The number of likely N-dealkylation sites (N-methyl/N-ethyl adjacent to an activating group) is 1. The van der Waals surface area contributed by atoms with Gasteiger partial charge in [0, 0.05) is 23.4 Å². The Morgan fingerprint density at radius 1 is 1.20 bits per heavy atom. The van der Waals surface area contributed by atoms with Crippen LogP contribution in [-0.4, -0.2) is 29.3 Å². The number of hydrogen-bond acceptors (Lipinski definition) is 4. The maximum atomic E-state index is 12.4. The Morgan fingerprint density at radius 3 is 2.43 bits per heavy atom. The second-order valence-electron chi connectivity index (χ2n) is 7.94. The Balaban J connectivity index is 1.85. The first-order valence-corrected chi connectivity index (χ1v) is 11.3. The van der Waals surface area contributed by atoms with E-state index in [1.807, 2.05) is 6.92 Å². The number of aromatic hydroxyl groups is 1. The molecule has 0 aromatic heterocycles. The summed E-state index contributed by atoms with van der Waals surface area (Å²) in [4.78, 5) is 14.8. The predicted octanol–water partition coefficient (Wildman–Crippen LogP) is 6.01. The van der Waals surface area contributed by atoms with E-state index in [1.54, 1.807) is 18.3 Å². The average molecular weight is 535 g/mol. The number of allylic oxidation sites excluding steroid dienone is 1. The second kappa shape index (κ2) is 8.55. The highest BCUT2D eigenvalue weighted by atomic mass is 79.9. The van der Waals surface area contributed by atoms with Crippen molar-refractivity contribution >= 4 is 55.2 Å². The van der Waals surface area contributed by atoms with Gasteiger partial charge in [-0.1, -0.05) is 6.08 Å². The molecule has 0 atom stereocenters. The van der Waals surface area contributed by atoms with Gasteiger partial charge in [-0.05, 0) is 107 Å². The quantitative estimate of drug-likeness (QED) is 0.373. The van der Waals surface area contributed by atoms with Crippen molar-refractivity contribution in [2.24, 2.45) is 5.10 Å². The maximum Gasteiger partial charge on any atom is 0.271 e. The normalized spacial score (nSPS) is 15.2. The van der Waals surface area contributed by atoms with Gasteiger partial charge in [-0.15, -0.1) is 0 Å². The van der Waals surface area contributed by atoms with Crippen molar-refractivity contribution in [3.05, 3.63) is 61.5 Å². The summed E-state index contributed by atoms with van der Waals surface area (Å²) in [5, 5.41) is 13.9. The van der Waals surface area contributed by atoms with Crippen LogP contribution in [0.5, 0.6) is 5.75 Å². The van der Waals surface area contributed by atoms with Gasteiger partial charge in [0.05, 0.1) is 20.7 Å². The molecule has 1 amide bonds. The van der Waals surface area contributed by atoms with Crippen molar-refractivity contribution in [2.75, 3.05) is 11.4 Å². The van der Waals surface area contributed by atoms with Crippen LogP contribution in [0.15, 0.2) is 44.4 Å². The third-order valence-electron chi connectivity index (χ3n) is 5.33. The Bertz CT molecular complexity index is 1050. The Morgan fingerprint density at radius 2 is 1.83 bits per heavy atom. The molecule has 2 N–H and O–H groups in total. The van der Waals surface area contributed by atoms with E-state index in [9.17, 15) is 9.90 Å². The van der Waals surface area contributed by atoms with E-state index in [0.29, 0.717) is 14.5 Å². The topological polar surface area (TPSA) is 64.9 Å². The smallest absolute Gasteiger partial charge is 0.271 e. The van der Waals surface area contributed by atoms with Crippen molar-refractivity contribution in [3.63, 3.8) is 0 Å². The third-order valence-corrected chi connectivity index (χ3v) is 6.54. The molecule has 0 radical (unpaired) electrons. The van der Waals surface area contributed by atoms with Crippen molar-refractivity contribution in [3.8, 4) is 5.75 Å². The Hall–Kier alpha value is -2.12. The number of rotatable bonds is 4. The molecule has 158 valence electrons. The van der Waals surface area contributed by atoms with E-state index in [2.05, 4.69) is 93.2 Å². The van der Waals surface area contributed by atoms with E-state index in [4.69, 9.17) is 0 Å². The number of anilines is 1. The van der Waals surface area contributed by atoms with Gasteiger partial charge >= 0.3 is 0 Å². The van der Waals surface area contributed by atoms with Crippen LogP contribution in [0.4, 0.5) is 5.69 Å². The van der Waals surface area contributed by atoms with Crippen LogP contribution in [-0.2, 0) is 0 Å². The summed E-state index contributed by atoms with van der Waals surface area (Å²) >= 11 is 6.46. The van der Waals surface area contributed by atoms with Crippen LogP contribution in [0.1, 0.15) is 54.7 Å². The molecule has 0 bridgehead atoms. The summed E-state index contributed by atoms with van der Waals surface area (Å²) in [7, 11) is 0. The third kappa shape index (κ3) is 4.32. The fourth-order valence-electron chi connectivity index (χ4n) is 3.88. The minimum absolute atomic E-state index is 0.0332. The van der Waals surface area contributed by atoms with E-state index in [1.165, 1.54) is 16.8 Å². The van der Waals surface area contributed by atoms with Crippen molar-refractivity contribution in [1.82, 2.24) is 5.43 Å². The van der Waals surface area contributed by atoms with Crippen LogP contribution < -0.4 is 10.3 Å². The van der Waals surface area contributed by atoms with Crippen LogP contribution in [0.25, 0.3) is 5.57 Å². The monoisotopic (exact) mass is 533 g/mol. The first kappa shape index (κ1) is 22.6. The molecule has 1 aliphatic heterocycles. The summed E-state index contributed by atoms with van der Waals surface area (Å²) in [6, 6.07) is 7.40. The van der Waals surface area contributed by atoms with Crippen molar-refractivity contribution in [1.29, 1.82) is 0 Å². The minimum Gasteiger partial charge on any atom is -0.506 e. The summed E-state index contributed by atoms with van der Waals surface area (Å²) in [6.07, 6.45) is 3.96. The lowest BCUT2D eigenvalue weighted by Gasteiger charge is -2.43. The molecule has 7 heteroatoms. The van der Waals surface area contributed by atoms with E-state index >= 15 is 0 Å². The zero-order chi connectivity index (χ0) is 22.2. The maximum absolute atomic E-state index is 12.4. The number of carbonyl (C=O) groups is 1. The molecule has 3 rings (SSSR count). The van der Waals surface area contributed by atoms with Gasteiger partial charge in [0.2, 0.25) is 0 Å². The number of phenolic OH excluding ortho intramolecular Hbond substituents is 1. The number of hydrogen-bond donors (Lipinski definition) is 2. The molecule has 0 saturated heterocycles. The molecule has 2 aromatic carbocycles. The van der Waals surface area contributed by atoms with Gasteiger partial charge in [0.1, 0.15) is 5.75 Å². The number of hydrazone groups is 1. The first-order valence-electron chi connectivity index (χ1n) is 9.68. The number of benzene rings is 2. The molecule has 0 saturated carbocycles. The summed E-state index contributed by atoms with van der Waals surface area (Å²) in [6.45, 7) is 11.7. The average Bonchev–Trinajstić information content (AvgIpc) is 2.66. The molecule has 1 heterocycles. The van der Waals surface area contributed by atoms with Crippen LogP contribution in [0.3, 0.4) is 0 Å². The van der Waals surface area contributed by atoms with Crippen molar-refractivity contribution in [2.45, 2.75) is 40.2 Å². The number of nitrogens with one attached hydrogen (secondary N) is 1. The molecular weight excluding hydrogens is 510 g/mol. The van der Waals surface area contributed by atoms with Crippen molar-refractivity contribution < 1.29 is 9.90 Å². The first-order chi connectivity index (χ1) is 14.0. The van der Waals surface area contributed by atoms with E-state index in [0.717, 1.165) is 17.7 Å². The number of phenols is 1. The molecule has 0 unspecified atom stereocenters. The highest BCUT2D eigenvalue weighted by Crippen LogP contribution is 2.40. The molecule has 2 aromatic rings. The van der Waals surface area contributed by atoms with Gasteiger partial charge in [0.25, 0.3) is 5.91 Å². The summed E-state index contributed by atoms with van der Waals surface area (Å²) < 4.78 is 0.865. The fraction of sp³-hybridized carbons (Fsp3) is 0.304. The van der Waals surface area contributed by atoms with E-state index < -0.39 is 0 Å². The molecule has 5 nitrogen and oxygen atoms in total. The summed E-state index contributed by atoms with van der Waals surface area (Å²) in [5.41, 5.74) is 8.58. The number of halogens is 2. The SMILES string of the molecule is CCN1c2cc(C)c(/C=N\NC(=O)c3cc(Br)c(O)c(Br)c3)cc2C(C)=CC1(C)C. The lowest BCUT2D eigenvalue weighted by Crippen LogP contribution is -2.45. The van der Waals surface area contributed by atoms with Gasteiger partial charge < -0.3 is 10.0 Å². The zero-order valence-electron chi connectivity index (χ0n) is 17.7. The number of amides is 1. The van der Waals surface area contributed by atoms with E-state index in [-0.39, 0.29) is 17.2 Å². The molecule has 0 aliphatic carbocycles. The molecule has 1 aliphatic rings.